The first-order valence-corrected chi connectivity index (χ1v) is 6.64. The quantitative estimate of drug-likeness (QED) is 0.775. The summed E-state index contributed by atoms with van der Waals surface area (Å²) in [6.45, 7) is 1.21. The lowest BCUT2D eigenvalue weighted by Crippen LogP contribution is -2.24. The lowest BCUT2D eigenvalue weighted by molar-refractivity contribution is 0.297. The maximum absolute atomic E-state index is 8.18. The Bertz CT molecular complexity index is 771. The van der Waals surface area contributed by atoms with Crippen molar-refractivity contribution in [2.75, 3.05) is 6.61 Å². The first-order chi connectivity index (χ1) is 9.77. The van der Waals surface area contributed by atoms with E-state index in [2.05, 4.69) is 0 Å². The van der Waals surface area contributed by atoms with Gasteiger partial charge in [0.05, 0.1) is 17.6 Å². The molecule has 0 amide bonds. The lowest BCUT2D eigenvalue weighted by atomic mass is 10.3. The maximum Gasteiger partial charge on any atom is 0.202 e. The second-order valence-electron chi connectivity index (χ2n) is 4.68. The Kier molecular flexibility index (Phi) is 3.29. The number of para-hydroxylation sites is 3. The van der Waals surface area contributed by atoms with Gasteiger partial charge in [0.15, 0.2) is 0 Å². The van der Waals surface area contributed by atoms with Gasteiger partial charge in [-0.25, -0.2) is 0 Å². The van der Waals surface area contributed by atoms with Crippen LogP contribution in [0.3, 0.4) is 0 Å². The van der Waals surface area contributed by atoms with Gasteiger partial charge in [-0.2, -0.15) is 0 Å². The van der Waals surface area contributed by atoms with E-state index in [-0.39, 0.29) is 0 Å². The van der Waals surface area contributed by atoms with Crippen molar-refractivity contribution < 1.29 is 4.74 Å². The molecule has 4 heteroatoms. The average Bonchev–Trinajstić information content (AvgIpc) is 2.74. The SMILES string of the molecule is Cn1c(=N)n(CCOc2ccccc2)c2ccccc21. The number of ether oxygens (including phenoxy) is 1. The normalized spacial score (nSPS) is 10.8. The summed E-state index contributed by atoms with van der Waals surface area (Å²) >= 11 is 0. The third-order valence-corrected chi connectivity index (χ3v) is 3.43. The number of imidazole rings is 1. The highest BCUT2D eigenvalue weighted by Gasteiger charge is 2.07. The molecule has 102 valence electrons. The van der Waals surface area contributed by atoms with Crippen molar-refractivity contribution in [2.24, 2.45) is 7.05 Å². The van der Waals surface area contributed by atoms with Crippen LogP contribution in [-0.4, -0.2) is 15.7 Å². The minimum atomic E-state index is 0.489. The van der Waals surface area contributed by atoms with Crippen LogP contribution in [0.2, 0.25) is 0 Å². The van der Waals surface area contributed by atoms with E-state index in [4.69, 9.17) is 10.1 Å². The minimum absolute atomic E-state index is 0.489. The highest BCUT2D eigenvalue weighted by Crippen LogP contribution is 2.12. The molecule has 20 heavy (non-hydrogen) atoms. The fraction of sp³-hybridized carbons (Fsp3) is 0.188. The van der Waals surface area contributed by atoms with Gasteiger partial charge >= 0.3 is 0 Å². The summed E-state index contributed by atoms with van der Waals surface area (Å²) in [6, 6.07) is 17.8. The molecule has 1 aromatic heterocycles. The number of nitrogens with zero attached hydrogens (tertiary/aromatic N) is 2. The van der Waals surface area contributed by atoms with E-state index in [1.165, 1.54) is 0 Å². The summed E-state index contributed by atoms with van der Waals surface area (Å²) < 4.78 is 9.57. The summed E-state index contributed by atoms with van der Waals surface area (Å²) in [4.78, 5) is 0. The van der Waals surface area contributed by atoms with E-state index in [1.54, 1.807) is 0 Å². The van der Waals surface area contributed by atoms with Crippen molar-refractivity contribution in [3.8, 4) is 5.75 Å². The molecule has 0 spiro atoms. The Morgan fingerprint density at radius 1 is 0.950 bits per heavy atom. The summed E-state index contributed by atoms with van der Waals surface area (Å²) in [6.07, 6.45) is 0. The average molecular weight is 267 g/mol. The standard InChI is InChI=1S/C16H17N3O/c1-18-14-9-5-6-10-15(14)19(16(18)17)11-12-20-13-7-3-2-4-8-13/h2-10,17H,11-12H2,1H3. The Morgan fingerprint density at radius 2 is 1.60 bits per heavy atom. The maximum atomic E-state index is 8.18. The molecule has 0 fully saturated rings. The van der Waals surface area contributed by atoms with E-state index in [0.717, 1.165) is 16.8 Å². The van der Waals surface area contributed by atoms with E-state index in [9.17, 15) is 0 Å². The number of aromatic nitrogens is 2. The van der Waals surface area contributed by atoms with E-state index >= 15 is 0 Å². The van der Waals surface area contributed by atoms with Crippen LogP contribution in [0.4, 0.5) is 0 Å². The molecular weight excluding hydrogens is 250 g/mol. The van der Waals surface area contributed by atoms with Crippen molar-refractivity contribution in [1.82, 2.24) is 9.13 Å². The third kappa shape index (κ3) is 2.20. The van der Waals surface area contributed by atoms with Crippen LogP contribution in [-0.2, 0) is 13.6 Å². The molecule has 3 aromatic rings. The second kappa shape index (κ2) is 5.25. The number of aryl methyl sites for hydroxylation is 1. The van der Waals surface area contributed by atoms with Crippen LogP contribution in [0.25, 0.3) is 11.0 Å². The van der Waals surface area contributed by atoms with E-state index in [0.29, 0.717) is 18.8 Å². The molecule has 1 heterocycles. The van der Waals surface area contributed by atoms with Crippen LogP contribution >= 0.6 is 0 Å². The molecule has 0 atom stereocenters. The molecule has 0 aliphatic heterocycles. The number of fused-ring (bicyclic) bond motifs is 1. The molecule has 2 aromatic carbocycles. The third-order valence-electron chi connectivity index (χ3n) is 3.43. The molecule has 0 aliphatic carbocycles. The summed E-state index contributed by atoms with van der Waals surface area (Å²) in [5, 5.41) is 8.18. The lowest BCUT2D eigenvalue weighted by Gasteiger charge is -2.07. The van der Waals surface area contributed by atoms with Crippen molar-refractivity contribution in [3.63, 3.8) is 0 Å². The van der Waals surface area contributed by atoms with Crippen molar-refractivity contribution in [2.45, 2.75) is 6.54 Å². The number of hydrogen-bond donors (Lipinski definition) is 1. The Balaban J connectivity index is 1.81. The zero-order valence-corrected chi connectivity index (χ0v) is 11.4. The van der Waals surface area contributed by atoms with E-state index < -0.39 is 0 Å². The number of nitrogens with one attached hydrogen (secondary N) is 1. The summed E-state index contributed by atoms with van der Waals surface area (Å²) in [5.74, 6) is 0.861. The highest BCUT2D eigenvalue weighted by molar-refractivity contribution is 5.75. The van der Waals surface area contributed by atoms with Gasteiger partial charge in [0, 0.05) is 7.05 Å². The van der Waals surface area contributed by atoms with Crippen molar-refractivity contribution >= 4 is 11.0 Å². The van der Waals surface area contributed by atoms with Gasteiger partial charge in [-0.05, 0) is 24.3 Å². The van der Waals surface area contributed by atoms with E-state index in [1.807, 2.05) is 70.8 Å². The largest absolute Gasteiger partial charge is 0.492 e. The van der Waals surface area contributed by atoms with Crippen LogP contribution in [0.15, 0.2) is 54.6 Å². The topological polar surface area (TPSA) is 42.9 Å². The van der Waals surface area contributed by atoms with Gasteiger partial charge in [0.25, 0.3) is 0 Å². The second-order valence-corrected chi connectivity index (χ2v) is 4.68. The Hall–Kier alpha value is -2.49. The summed E-state index contributed by atoms with van der Waals surface area (Å²) in [5.41, 5.74) is 2.62. The fourth-order valence-electron chi connectivity index (χ4n) is 2.38. The molecule has 3 rings (SSSR count). The zero-order chi connectivity index (χ0) is 13.9. The first kappa shape index (κ1) is 12.5. The highest BCUT2D eigenvalue weighted by atomic mass is 16.5. The van der Waals surface area contributed by atoms with Crippen LogP contribution in [0, 0.1) is 5.41 Å². The predicted octanol–water partition coefficient (Wildman–Crippen LogP) is 2.54. The Labute approximate surface area is 117 Å². The first-order valence-electron chi connectivity index (χ1n) is 6.64. The van der Waals surface area contributed by atoms with Gasteiger partial charge in [-0.3, -0.25) is 5.41 Å². The molecular formula is C16H17N3O. The molecule has 0 saturated carbocycles. The van der Waals surface area contributed by atoms with Crippen molar-refractivity contribution in [1.29, 1.82) is 5.41 Å². The molecule has 0 radical (unpaired) electrons. The van der Waals surface area contributed by atoms with Gasteiger partial charge in [-0.15, -0.1) is 0 Å². The Morgan fingerprint density at radius 3 is 2.35 bits per heavy atom. The van der Waals surface area contributed by atoms with Crippen LogP contribution in [0.5, 0.6) is 5.75 Å². The fourth-order valence-corrected chi connectivity index (χ4v) is 2.38. The van der Waals surface area contributed by atoms with Gasteiger partial charge in [0.1, 0.15) is 12.4 Å². The number of hydrogen-bond acceptors (Lipinski definition) is 2. The van der Waals surface area contributed by atoms with Crippen molar-refractivity contribution in [3.05, 3.63) is 60.2 Å². The molecule has 0 aliphatic rings. The van der Waals surface area contributed by atoms with Crippen LogP contribution < -0.4 is 10.4 Å². The predicted molar refractivity (Wildman–Crippen MR) is 78.7 cm³/mol. The molecule has 1 N–H and O–H groups in total. The van der Waals surface area contributed by atoms with Gasteiger partial charge in [0.2, 0.25) is 5.62 Å². The molecule has 4 nitrogen and oxygen atoms in total. The molecule has 0 unspecified atom stereocenters. The number of benzene rings is 2. The summed E-state index contributed by atoms with van der Waals surface area (Å²) in [7, 11) is 1.92. The zero-order valence-electron chi connectivity index (χ0n) is 11.4. The van der Waals surface area contributed by atoms with Gasteiger partial charge < -0.3 is 13.9 Å². The minimum Gasteiger partial charge on any atom is -0.492 e. The van der Waals surface area contributed by atoms with Crippen LogP contribution in [0.1, 0.15) is 0 Å². The smallest absolute Gasteiger partial charge is 0.202 e. The molecule has 0 saturated heterocycles. The van der Waals surface area contributed by atoms with Gasteiger partial charge in [-0.1, -0.05) is 30.3 Å². The number of rotatable bonds is 4. The molecule has 0 bridgehead atoms. The monoisotopic (exact) mass is 267 g/mol.